The number of anilines is 1. The van der Waals surface area contributed by atoms with E-state index in [4.69, 9.17) is 16.3 Å². The molecule has 1 saturated heterocycles. The summed E-state index contributed by atoms with van der Waals surface area (Å²) in [5.41, 5.74) is 4.20. The van der Waals surface area contributed by atoms with E-state index in [1.54, 1.807) is 49.4 Å². The summed E-state index contributed by atoms with van der Waals surface area (Å²) < 4.78 is 5.02. The Morgan fingerprint density at radius 3 is 2.67 bits per heavy atom. The maximum atomic E-state index is 12.4. The average Bonchev–Trinajstić information content (AvgIpc) is 3.07. The lowest BCUT2D eigenvalue weighted by molar-refractivity contribution is -0.151. The van der Waals surface area contributed by atoms with Gasteiger partial charge in [-0.15, -0.1) is 0 Å². The van der Waals surface area contributed by atoms with Gasteiger partial charge in [-0.3, -0.25) is 29.6 Å². The Balaban J connectivity index is 1.49. The minimum Gasteiger partial charge on any atom is -0.455 e. The van der Waals surface area contributed by atoms with Gasteiger partial charge in [0.1, 0.15) is 0 Å². The van der Waals surface area contributed by atoms with Crippen LogP contribution in [-0.4, -0.2) is 41.9 Å². The van der Waals surface area contributed by atoms with Crippen LogP contribution in [0.5, 0.6) is 0 Å². The number of ether oxygens (including phenoxy) is 1. The number of hydrogen-bond donors (Lipinski definition) is 2. The van der Waals surface area contributed by atoms with Crippen molar-refractivity contribution in [2.75, 3.05) is 18.5 Å². The molecule has 0 saturated carbocycles. The van der Waals surface area contributed by atoms with Crippen molar-refractivity contribution in [3.63, 3.8) is 0 Å². The average molecular weight is 430 g/mol. The molecule has 8 nitrogen and oxygen atoms in total. The summed E-state index contributed by atoms with van der Waals surface area (Å²) in [7, 11) is 0. The second-order valence-corrected chi connectivity index (χ2v) is 7.26. The second kappa shape index (κ2) is 9.41. The predicted octanol–water partition coefficient (Wildman–Crippen LogP) is 2.32. The first kappa shape index (κ1) is 21.3. The molecule has 0 aromatic heterocycles. The molecule has 156 valence electrons. The van der Waals surface area contributed by atoms with Gasteiger partial charge in [0, 0.05) is 22.7 Å². The molecule has 0 bridgehead atoms. The normalized spacial score (nSPS) is 15.6. The van der Waals surface area contributed by atoms with E-state index < -0.39 is 36.2 Å². The summed E-state index contributed by atoms with van der Waals surface area (Å²) in [5, 5.41) is 4.13. The molecule has 2 N–H and O–H groups in total. The Morgan fingerprint density at radius 1 is 1.17 bits per heavy atom. The van der Waals surface area contributed by atoms with Crippen molar-refractivity contribution in [2.24, 2.45) is 5.92 Å². The molecule has 3 amide bonds. The van der Waals surface area contributed by atoms with E-state index in [0.29, 0.717) is 16.3 Å². The molecule has 0 radical (unpaired) electrons. The maximum absolute atomic E-state index is 12.4. The van der Waals surface area contributed by atoms with Gasteiger partial charge in [-0.05, 0) is 36.8 Å². The standard InChI is InChI=1S/C21H20ClN3O5/c1-13-5-2-3-8-17(13)20(28)24-25-11-14(9-19(25)27)21(29)30-12-18(26)23-16-7-4-6-15(22)10-16/h2-8,10,14H,9,11-12H2,1H3,(H,23,26)(H,24,28)/t14-/m1/s1. The van der Waals surface area contributed by atoms with Gasteiger partial charge < -0.3 is 10.1 Å². The van der Waals surface area contributed by atoms with Crippen LogP contribution in [0.1, 0.15) is 22.3 Å². The minimum absolute atomic E-state index is 0.0226. The van der Waals surface area contributed by atoms with Crippen LogP contribution in [0.3, 0.4) is 0 Å². The Labute approximate surface area is 178 Å². The van der Waals surface area contributed by atoms with Crippen LogP contribution < -0.4 is 10.7 Å². The van der Waals surface area contributed by atoms with Crippen LogP contribution in [0.15, 0.2) is 48.5 Å². The van der Waals surface area contributed by atoms with E-state index in [2.05, 4.69) is 10.7 Å². The fraction of sp³-hybridized carbons (Fsp3) is 0.238. The number of amides is 3. The van der Waals surface area contributed by atoms with Gasteiger partial charge in [0.15, 0.2) is 6.61 Å². The number of hydrogen-bond acceptors (Lipinski definition) is 5. The monoisotopic (exact) mass is 429 g/mol. The first-order valence-electron chi connectivity index (χ1n) is 9.22. The highest BCUT2D eigenvalue weighted by Gasteiger charge is 2.36. The Kier molecular flexibility index (Phi) is 6.68. The number of esters is 1. The van der Waals surface area contributed by atoms with Crippen molar-refractivity contribution in [3.05, 3.63) is 64.7 Å². The summed E-state index contributed by atoms with van der Waals surface area (Å²) in [5.74, 6) is -2.82. The van der Waals surface area contributed by atoms with E-state index >= 15 is 0 Å². The van der Waals surface area contributed by atoms with E-state index in [1.807, 2.05) is 6.07 Å². The number of nitrogens with one attached hydrogen (secondary N) is 2. The highest BCUT2D eigenvalue weighted by atomic mass is 35.5. The highest BCUT2D eigenvalue weighted by molar-refractivity contribution is 6.30. The summed E-state index contributed by atoms with van der Waals surface area (Å²) >= 11 is 5.85. The third-order valence-electron chi connectivity index (χ3n) is 4.54. The summed E-state index contributed by atoms with van der Waals surface area (Å²) in [6, 6.07) is 13.5. The quantitative estimate of drug-likeness (QED) is 0.686. The van der Waals surface area contributed by atoms with Crippen molar-refractivity contribution in [2.45, 2.75) is 13.3 Å². The molecule has 0 spiro atoms. The topological polar surface area (TPSA) is 105 Å². The van der Waals surface area contributed by atoms with Gasteiger partial charge in [-0.2, -0.15) is 0 Å². The van der Waals surface area contributed by atoms with Crippen LogP contribution >= 0.6 is 11.6 Å². The van der Waals surface area contributed by atoms with Gasteiger partial charge in [-0.1, -0.05) is 35.9 Å². The van der Waals surface area contributed by atoms with E-state index in [-0.39, 0.29) is 13.0 Å². The van der Waals surface area contributed by atoms with Crippen LogP contribution in [0.2, 0.25) is 5.02 Å². The lowest BCUT2D eigenvalue weighted by atomic mass is 10.1. The Morgan fingerprint density at radius 2 is 1.93 bits per heavy atom. The molecule has 9 heteroatoms. The second-order valence-electron chi connectivity index (χ2n) is 6.83. The first-order chi connectivity index (χ1) is 14.3. The van der Waals surface area contributed by atoms with Gasteiger partial charge in [0.25, 0.3) is 11.8 Å². The van der Waals surface area contributed by atoms with E-state index in [0.717, 1.165) is 10.6 Å². The van der Waals surface area contributed by atoms with Crippen molar-refractivity contribution >= 4 is 41.0 Å². The third kappa shape index (κ3) is 5.36. The van der Waals surface area contributed by atoms with Gasteiger partial charge in [0.05, 0.1) is 12.5 Å². The molecule has 30 heavy (non-hydrogen) atoms. The van der Waals surface area contributed by atoms with Crippen molar-refractivity contribution in [3.8, 4) is 0 Å². The molecule has 2 aromatic carbocycles. The van der Waals surface area contributed by atoms with Crippen LogP contribution in [0, 0.1) is 12.8 Å². The van der Waals surface area contributed by atoms with Gasteiger partial charge in [0.2, 0.25) is 5.91 Å². The number of rotatable bonds is 6. The molecular formula is C21H20ClN3O5. The zero-order chi connectivity index (χ0) is 21.7. The molecule has 1 fully saturated rings. The summed E-state index contributed by atoms with van der Waals surface area (Å²) in [4.78, 5) is 48.7. The fourth-order valence-corrected chi connectivity index (χ4v) is 3.19. The van der Waals surface area contributed by atoms with Crippen molar-refractivity contribution in [1.82, 2.24) is 10.4 Å². The Hall–Kier alpha value is -3.39. The largest absolute Gasteiger partial charge is 0.455 e. The van der Waals surface area contributed by atoms with Crippen LogP contribution in [-0.2, 0) is 19.1 Å². The van der Waals surface area contributed by atoms with E-state index in [9.17, 15) is 19.2 Å². The van der Waals surface area contributed by atoms with Gasteiger partial charge in [-0.25, -0.2) is 0 Å². The van der Waals surface area contributed by atoms with Crippen LogP contribution in [0.25, 0.3) is 0 Å². The summed E-state index contributed by atoms with van der Waals surface area (Å²) in [6.45, 7) is 1.27. The smallest absolute Gasteiger partial charge is 0.311 e. The van der Waals surface area contributed by atoms with Crippen molar-refractivity contribution in [1.29, 1.82) is 0 Å². The number of nitrogens with zero attached hydrogens (tertiary/aromatic N) is 1. The molecular weight excluding hydrogens is 410 g/mol. The molecule has 2 aromatic rings. The minimum atomic E-state index is -0.770. The zero-order valence-electron chi connectivity index (χ0n) is 16.2. The molecule has 1 aliphatic rings. The number of carbonyl (C=O) groups excluding carboxylic acids is 4. The molecule has 3 rings (SSSR count). The number of carbonyl (C=O) groups is 4. The maximum Gasteiger partial charge on any atom is 0.311 e. The molecule has 0 aliphatic carbocycles. The highest BCUT2D eigenvalue weighted by Crippen LogP contribution is 2.19. The molecule has 0 unspecified atom stereocenters. The number of halogens is 1. The number of aryl methyl sites for hydroxylation is 1. The number of benzene rings is 2. The summed E-state index contributed by atoms with van der Waals surface area (Å²) in [6.07, 6.45) is -0.108. The number of hydrazine groups is 1. The molecule has 1 aliphatic heterocycles. The van der Waals surface area contributed by atoms with Crippen molar-refractivity contribution < 1.29 is 23.9 Å². The van der Waals surface area contributed by atoms with Crippen LogP contribution in [0.4, 0.5) is 5.69 Å². The molecule has 1 atom stereocenters. The lowest BCUT2D eigenvalue weighted by Gasteiger charge is -2.18. The SMILES string of the molecule is Cc1ccccc1C(=O)NN1C[C@H](C(=O)OCC(=O)Nc2cccc(Cl)c2)CC1=O. The third-order valence-corrected chi connectivity index (χ3v) is 4.77. The molecule has 1 heterocycles. The fourth-order valence-electron chi connectivity index (χ4n) is 3.00. The zero-order valence-corrected chi connectivity index (χ0v) is 16.9. The lowest BCUT2D eigenvalue weighted by Crippen LogP contribution is -2.43. The Bertz CT molecular complexity index is 994. The van der Waals surface area contributed by atoms with Gasteiger partial charge >= 0.3 is 5.97 Å². The van der Waals surface area contributed by atoms with E-state index in [1.165, 1.54) is 0 Å². The first-order valence-corrected chi connectivity index (χ1v) is 9.60. The predicted molar refractivity (Wildman–Crippen MR) is 110 cm³/mol.